The zero-order valence-electron chi connectivity index (χ0n) is 11.8. The molecule has 1 aromatic rings. The zero-order chi connectivity index (χ0) is 14.5. The van der Waals surface area contributed by atoms with Crippen LogP contribution in [0.1, 0.15) is 37.8 Å². The van der Waals surface area contributed by atoms with E-state index in [2.05, 4.69) is 10.6 Å². The first kappa shape index (κ1) is 14.4. The first-order valence-corrected chi connectivity index (χ1v) is 6.87. The van der Waals surface area contributed by atoms with Gasteiger partial charge in [0.25, 0.3) is 0 Å². The lowest BCUT2D eigenvalue weighted by molar-refractivity contribution is -0.126. The highest BCUT2D eigenvalue weighted by atomic mass is 16.5. The van der Waals surface area contributed by atoms with E-state index in [1.165, 1.54) is 0 Å². The Morgan fingerprint density at radius 3 is 2.65 bits per heavy atom. The van der Waals surface area contributed by atoms with Crippen molar-refractivity contribution < 1.29 is 14.3 Å². The fourth-order valence-electron chi connectivity index (χ4n) is 2.34. The number of methoxy groups -OCH3 is 1. The number of amides is 2. The molecular formula is C15H20N2O3. The highest BCUT2D eigenvalue weighted by Gasteiger charge is 2.28. The molecule has 1 aliphatic heterocycles. The average molecular weight is 276 g/mol. The van der Waals surface area contributed by atoms with Crippen LogP contribution in [0, 0.1) is 0 Å². The summed E-state index contributed by atoms with van der Waals surface area (Å²) < 4.78 is 5.12. The molecule has 2 rings (SSSR count). The predicted molar refractivity (Wildman–Crippen MR) is 75.3 cm³/mol. The van der Waals surface area contributed by atoms with Crippen LogP contribution < -0.4 is 15.4 Å². The van der Waals surface area contributed by atoms with Gasteiger partial charge >= 0.3 is 0 Å². The van der Waals surface area contributed by atoms with Crippen molar-refractivity contribution in [1.82, 2.24) is 10.6 Å². The van der Waals surface area contributed by atoms with Gasteiger partial charge in [-0.3, -0.25) is 9.59 Å². The number of hydrogen-bond donors (Lipinski definition) is 2. The Bertz CT molecular complexity index is 484. The first-order valence-electron chi connectivity index (χ1n) is 6.87. The third-order valence-corrected chi connectivity index (χ3v) is 3.55. The van der Waals surface area contributed by atoms with Crippen LogP contribution in [-0.2, 0) is 9.59 Å². The van der Waals surface area contributed by atoms with Crippen LogP contribution in [0.25, 0.3) is 0 Å². The fraction of sp³-hybridized carbons (Fsp3) is 0.467. The summed E-state index contributed by atoms with van der Waals surface area (Å²) in [6.45, 7) is 2.02. The number of hydrogen-bond acceptors (Lipinski definition) is 3. The Hall–Kier alpha value is -2.04. The molecule has 0 bridgehead atoms. The molecule has 0 aromatic heterocycles. The molecule has 108 valence electrons. The summed E-state index contributed by atoms with van der Waals surface area (Å²) in [5.41, 5.74) is 1.03. The molecule has 0 spiro atoms. The van der Waals surface area contributed by atoms with Crippen molar-refractivity contribution in [2.45, 2.75) is 38.3 Å². The van der Waals surface area contributed by atoms with Gasteiger partial charge in [-0.1, -0.05) is 19.1 Å². The van der Waals surface area contributed by atoms with E-state index in [0.717, 1.165) is 17.7 Å². The summed E-state index contributed by atoms with van der Waals surface area (Å²) in [6, 6.07) is 7.20. The number of carbonyl (C=O) groups excluding carboxylic acids is 2. The van der Waals surface area contributed by atoms with Gasteiger partial charge in [-0.05, 0) is 30.5 Å². The van der Waals surface area contributed by atoms with Crippen molar-refractivity contribution in [1.29, 1.82) is 0 Å². The van der Waals surface area contributed by atoms with E-state index in [-0.39, 0.29) is 17.9 Å². The maximum Gasteiger partial charge on any atom is 0.243 e. The number of rotatable bonds is 5. The lowest BCUT2D eigenvalue weighted by Crippen LogP contribution is -2.42. The minimum Gasteiger partial charge on any atom is -0.497 e. The normalized spacial score (nSPS) is 19.3. The van der Waals surface area contributed by atoms with Gasteiger partial charge < -0.3 is 15.4 Å². The Balaban J connectivity index is 2.00. The summed E-state index contributed by atoms with van der Waals surface area (Å²) >= 11 is 0. The van der Waals surface area contributed by atoms with Crippen molar-refractivity contribution in [2.75, 3.05) is 7.11 Å². The van der Waals surface area contributed by atoms with Crippen molar-refractivity contribution in [3.63, 3.8) is 0 Å². The smallest absolute Gasteiger partial charge is 0.243 e. The van der Waals surface area contributed by atoms with E-state index >= 15 is 0 Å². The predicted octanol–water partition coefficient (Wildman–Crippen LogP) is 1.54. The van der Waals surface area contributed by atoms with E-state index in [1.807, 2.05) is 31.2 Å². The molecule has 20 heavy (non-hydrogen) atoms. The summed E-state index contributed by atoms with van der Waals surface area (Å²) in [5.74, 6) is 0.624. The van der Waals surface area contributed by atoms with Gasteiger partial charge in [-0.15, -0.1) is 0 Å². The minimum absolute atomic E-state index is 0.0501. The van der Waals surface area contributed by atoms with Gasteiger partial charge in [0.15, 0.2) is 0 Å². The molecule has 1 heterocycles. The monoisotopic (exact) mass is 276 g/mol. The lowest BCUT2D eigenvalue weighted by atomic mass is 10.0. The molecule has 0 unspecified atom stereocenters. The molecular weight excluding hydrogens is 256 g/mol. The average Bonchev–Trinajstić information content (AvgIpc) is 2.91. The number of benzene rings is 1. The molecule has 0 radical (unpaired) electrons. The van der Waals surface area contributed by atoms with Crippen LogP contribution in [-0.4, -0.2) is 25.0 Å². The third-order valence-electron chi connectivity index (χ3n) is 3.55. The Kier molecular flexibility index (Phi) is 4.61. The van der Waals surface area contributed by atoms with Gasteiger partial charge in [-0.2, -0.15) is 0 Å². The highest BCUT2D eigenvalue weighted by molar-refractivity contribution is 5.90. The molecule has 1 aliphatic rings. The van der Waals surface area contributed by atoms with E-state index in [4.69, 9.17) is 4.74 Å². The van der Waals surface area contributed by atoms with Gasteiger partial charge in [0.1, 0.15) is 11.8 Å². The first-order chi connectivity index (χ1) is 9.63. The Labute approximate surface area is 118 Å². The molecule has 1 aromatic carbocycles. The van der Waals surface area contributed by atoms with Crippen LogP contribution in [0.15, 0.2) is 24.3 Å². The molecule has 1 fully saturated rings. The van der Waals surface area contributed by atoms with Crippen molar-refractivity contribution in [2.24, 2.45) is 0 Å². The molecule has 0 aliphatic carbocycles. The maximum atomic E-state index is 12.1. The molecule has 5 nitrogen and oxygen atoms in total. The largest absolute Gasteiger partial charge is 0.497 e. The highest BCUT2D eigenvalue weighted by Crippen LogP contribution is 2.20. The van der Waals surface area contributed by atoms with Crippen LogP contribution in [0.3, 0.4) is 0 Å². The second kappa shape index (κ2) is 6.41. The molecule has 5 heteroatoms. The van der Waals surface area contributed by atoms with Gasteiger partial charge in [-0.25, -0.2) is 0 Å². The zero-order valence-corrected chi connectivity index (χ0v) is 11.8. The summed E-state index contributed by atoms with van der Waals surface area (Å²) in [5, 5.41) is 5.67. The lowest BCUT2D eigenvalue weighted by Gasteiger charge is -2.20. The van der Waals surface area contributed by atoms with E-state index in [9.17, 15) is 9.59 Å². The summed E-state index contributed by atoms with van der Waals surface area (Å²) in [7, 11) is 1.62. The molecule has 2 N–H and O–H groups in total. The summed E-state index contributed by atoms with van der Waals surface area (Å²) in [6.07, 6.45) is 1.79. The standard InChI is InChI=1S/C15H20N2O3/c1-3-12(10-4-6-11(20-2)7-5-10)17-15(19)13-8-9-14(18)16-13/h4-7,12-13H,3,8-9H2,1-2H3,(H,16,18)(H,17,19)/t12-,13-/m1/s1. The van der Waals surface area contributed by atoms with Gasteiger partial charge in [0, 0.05) is 6.42 Å². The van der Waals surface area contributed by atoms with Gasteiger partial charge in [0.2, 0.25) is 11.8 Å². The maximum absolute atomic E-state index is 12.1. The van der Waals surface area contributed by atoms with Crippen LogP contribution in [0.4, 0.5) is 0 Å². The van der Waals surface area contributed by atoms with E-state index < -0.39 is 6.04 Å². The summed E-state index contributed by atoms with van der Waals surface area (Å²) in [4.78, 5) is 23.3. The quantitative estimate of drug-likeness (QED) is 0.857. The SMILES string of the molecule is CC[C@@H](NC(=O)[C@H]1CCC(=O)N1)c1ccc(OC)cc1. The Morgan fingerprint density at radius 2 is 2.15 bits per heavy atom. The molecule has 0 saturated carbocycles. The number of carbonyl (C=O) groups is 2. The molecule has 1 saturated heterocycles. The van der Waals surface area contributed by atoms with E-state index in [1.54, 1.807) is 7.11 Å². The van der Waals surface area contributed by atoms with Crippen LogP contribution in [0.5, 0.6) is 5.75 Å². The van der Waals surface area contributed by atoms with Crippen LogP contribution in [0.2, 0.25) is 0 Å². The topological polar surface area (TPSA) is 67.4 Å². The molecule has 2 amide bonds. The van der Waals surface area contributed by atoms with Gasteiger partial charge in [0.05, 0.1) is 13.2 Å². The second-order valence-corrected chi connectivity index (χ2v) is 4.90. The second-order valence-electron chi connectivity index (χ2n) is 4.90. The van der Waals surface area contributed by atoms with Crippen LogP contribution >= 0.6 is 0 Å². The minimum atomic E-state index is -0.394. The van der Waals surface area contributed by atoms with E-state index in [0.29, 0.717) is 12.8 Å². The molecule has 2 atom stereocenters. The number of nitrogens with one attached hydrogen (secondary N) is 2. The fourth-order valence-corrected chi connectivity index (χ4v) is 2.34. The van der Waals surface area contributed by atoms with Crippen molar-refractivity contribution >= 4 is 11.8 Å². The van der Waals surface area contributed by atoms with Crippen molar-refractivity contribution in [3.8, 4) is 5.75 Å². The third kappa shape index (κ3) is 3.29. The van der Waals surface area contributed by atoms with Crippen molar-refractivity contribution in [3.05, 3.63) is 29.8 Å². The Morgan fingerprint density at radius 1 is 1.45 bits per heavy atom. The number of ether oxygens (including phenoxy) is 1.